The molecular formula is C12H13NO5. The van der Waals surface area contributed by atoms with Crippen LogP contribution in [0, 0.1) is 0 Å². The van der Waals surface area contributed by atoms with Crippen molar-refractivity contribution in [2.75, 3.05) is 18.1 Å². The number of fused-ring (bicyclic) bond motifs is 1. The summed E-state index contributed by atoms with van der Waals surface area (Å²) in [5.41, 5.74) is 0.522. The third-order valence-corrected chi connectivity index (χ3v) is 2.54. The van der Waals surface area contributed by atoms with Crippen LogP contribution in [0.3, 0.4) is 0 Å². The Kier molecular flexibility index (Phi) is 3.36. The largest absolute Gasteiger partial charge is 0.478 e. The number of anilines is 1. The number of carboxylic acid groups (broad SMARTS) is 1. The van der Waals surface area contributed by atoms with Gasteiger partial charge in [-0.3, -0.25) is 4.90 Å². The van der Waals surface area contributed by atoms with Crippen LogP contribution in [-0.4, -0.2) is 36.4 Å². The van der Waals surface area contributed by atoms with Crippen LogP contribution in [0.25, 0.3) is 0 Å². The monoisotopic (exact) mass is 251 g/mol. The first kappa shape index (κ1) is 12.2. The van der Waals surface area contributed by atoms with Crippen LogP contribution in [0.2, 0.25) is 0 Å². The third-order valence-electron chi connectivity index (χ3n) is 2.54. The molecule has 1 N–H and O–H groups in total. The van der Waals surface area contributed by atoms with Gasteiger partial charge in [0, 0.05) is 0 Å². The van der Waals surface area contributed by atoms with E-state index < -0.39 is 18.2 Å². The van der Waals surface area contributed by atoms with Crippen molar-refractivity contribution >= 4 is 17.7 Å². The number of aliphatic carboxylic acids is 1. The second-order valence-corrected chi connectivity index (χ2v) is 3.72. The molecule has 0 aromatic heterocycles. The van der Waals surface area contributed by atoms with E-state index in [4.69, 9.17) is 14.6 Å². The fourth-order valence-electron chi connectivity index (χ4n) is 1.74. The number of hydrogen-bond donors (Lipinski definition) is 1. The molecule has 1 heterocycles. The SMILES string of the molecule is CCOC(=O)N1CC(C(=O)O)Oc2ccccc21. The first-order valence-electron chi connectivity index (χ1n) is 5.56. The van der Waals surface area contributed by atoms with Crippen molar-refractivity contribution in [3.8, 4) is 5.75 Å². The molecule has 0 fully saturated rings. The van der Waals surface area contributed by atoms with E-state index in [9.17, 15) is 9.59 Å². The van der Waals surface area contributed by atoms with E-state index in [1.54, 1.807) is 31.2 Å². The van der Waals surface area contributed by atoms with Gasteiger partial charge in [0.15, 0.2) is 0 Å². The molecule has 2 rings (SSSR count). The average Bonchev–Trinajstić information content (AvgIpc) is 2.37. The molecule has 0 bridgehead atoms. The summed E-state index contributed by atoms with van der Waals surface area (Å²) in [4.78, 5) is 24.0. The lowest BCUT2D eigenvalue weighted by Gasteiger charge is -2.32. The maximum absolute atomic E-state index is 11.8. The van der Waals surface area contributed by atoms with E-state index in [1.165, 1.54) is 4.90 Å². The Morgan fingerprint density at radius 3 is 2.89 bits per heavy atom. The van der Waals surface area contributed by atoms with Gasteiger partial charge < -0.3 is 14.6 Å². The van der Waals surface area contributed by atoms with Crippen molar-refractivity contribution in [1.29, 1.82) is 0 Å². The molecule has 0 saturated heterocycles. The predicted molar refractivity (Wildman–Crippen MR) is 62.9 cm³/mol. The molecule has 1 amide bonds. The van der Waals surface area contributed by atoms with E-state index in [1.807, 2.05) is 0 Å². The number of benzene rings is 1. The zero-order valence-electron chi connectivity index (χ0n) is 9.83. The number of rotatable bonds is 2. The highest BCUT2D eigenvalue weighted by Gasteiger charge is 2.34. The van der Waals surface area contributed by atoms with Crippen LogP contribution in [0.15, 0.2) is 24.3 Å². The van der Waals surface area contributed by atoms with Crippen LogP contribution in [0.1, 0.15) is 6.92 Å². The normalized spacial score (nSPS) is 17.6. The maximum atomic E-state index is 11.8. The molecule has 1 aromatic carbocycles. The lowest BCUT2D eigenvalue weighted by atomic mass is 10.2. The molecular weight excluding hydrogens is 238 g/mol. The van der Waals surface area contributed by atoms with E-state index in [0.29, 0.717) is 11.4 Å². The molecule has 0 spiro atoms. The summed E-state index contributed by atoms with van der Waals surface area (Å²) in [6.07, 6.45) is -1.65. The van der Waals surface area contributed by atoms with Crippen molar-refractivity contribution in [2.45, 2.75) is 13.0 Å². The average molecular weight is 251 g/mol. The van der Waals surface area contributed by atoms with Gasteiger partial charge in [0.1, 0.15) is 5.75 Å². The van der Waals surface area contributed by atoms with Gasteiger partial charge in [0.2, 0.25) is 6.10 Å². The number of carbonyl (C=O) groups excluding carboxylic acids is 1. The molecule has 1 aliphatic heterocycles. The van der Waals surface area contributed by atoms with Crippen molar-refractivity contribution < 1.29 is 24.2 Å². The summed E-state index contributed by atoms with van der Waals surface area (Å²) < 4.78 is 10.2. The number of carbonyl (C=O) groups is 2. The molecule has 0 radical (unpaired) electrons. The number of amides is 1. The lowest BCUT2D eigenvalue weighted by Crippen LogP contribution is -2.47. The minimum atomic E-state index is -1.11. The van der Waals surface area contributed by atoms with Gasteiger partial charge in [-0.1, -0.05) is 12.1 Å². The molecule has 1 unspecified atom stereocenters. The standard InChI is InChI=1S/C12H13NO5/c1-2-17-12(16)13-7-10(11(14)15)18-9-6-4-3-5-8(9)13/h3-6,10H,2,7H2,1H3,(H,14,15). The number of carboxylic acids is 1. The first-order chi connectivity index (χ1) is 8.63. The predicted octanol–water partition coefficient (Wildman–Crippen LogP) is 1.50. The van der Waals surface area contributed by atoms with E-state index in [2.05, 4.69) is 0 Å². The highest BCUT2D eigenvalue weighted by Crippen LogP contribution is 2.33. The zero-order valence-corrected chi connectivity index (χ0v) is 9.83. The maximum Gasteiger partial charge on any atom is 0.414 e. The van der Waals surface area contributed by atoms with Gasteiger partial charge in [-0.15, -0.1) is 0 Å². The molecule has 1 aliphatic rings. The fraction of sp³-hybridized carbons (Fsp3) is 0.333. The van der Waals surface area contributed by atoms with Gasteiger partial charge in [0.05, 0.1) is 18.8 Å². The molecule has 6 nitrogen and oxygen atoms in total. The quantitative estimate of drug-likeness (QED) is 0.861. The second-order valence-electron chi connectivity index (χ2n) is 3.72. The zero-order chi connectivity index (χ0) is 13.1. The van der Waals surface area contributed by atoms with Gasteiger partial charge in [0.25, 0.3) is 0 Å². The Hall–Kier alpha value is -2.24. The van der Waals surface area contributed by atoms with Gasteiger partial charge in [-0.05, 0) is 19.1 Å². The van der Waals surface area contributed by atoms with E-state index >= 15 is 0 Å². The van der Waals surface area contributed by atoms with Gasteiger partial charge in [-0.2, -0.15) is 0 Å². The van der Waals surface area contributed by atoms with Crippen LogP contribution >= 0.6 is 0 Å². The summed E-state index contributed by atoms with van der Waals surface area (Å²) in [7, 11) is 0. The molecule has 6 heteroatoms. The molecule has 18 heavy (non-hydrogen) atoms. The number of hydrogen-bond acceptors (Lipinski definition) is 4. The second kappa shape index (κ2) is 4.95. The van der Waals surface area contributed by atoms with Crippen molar-refractivity contribution in [1.82, 2.24) is 0 Å². The number of ether oxygens (including phenoxy) is 2. The highest BCUT2D eigenvalue weighted by molar-refractivity contribution is 5.92. The Labute approximate surface area is 104 Å². The minimum absolute atomic E-state index is 0.0643. The van der Waals surface area contributed by atoms with E-state index in [-0.39, 0.29) is 13.2 Å². The van der Waals surface area contributed by atoms with E-state index in [0.717, 1.165) is 0 Å². The Balaban J connectivity index is 2.33. The topological polar surface area (TPSA) is 76.1 Å². The Morgan fingerprint density at radius 1 is 1.50 bits per heavy atom. The van der Waals surface area contributed by atoms with Crippen molar-refractivity contribution in [3.05, 3.63) is 24.3 Å². The summed E-state index contributed by atoms with van der Waals surface area (Å²) >= 11 is 0. The van der Waals surface area contributed by atoms with Crippen molar-refractivity contribution in [2.24, 2.45) is 0 Å². The van der Waals surface area contributed by atoms with Gasteiger partial charge >= 0.3 is 12.1 Å². The third kappa shape index (κ3) is 2.22. The molecule has 96 valence electrons. The number of nitrogens with zero attached hydrogens (tertiary/aromatic N) is 1. The Morgan fingerprint density at radius 2 is 2.22 bits per heavy atom. The first-order valence-corrected chi connectivity index (χ1v) is 5.56. The molecule has 1 atom stereocenters. The smallest absolute Gasteiger partial charge is 0.414 e. The summed E-state index contributed by atoms with van der Waals surface area (Å²) in [5, 5.41) is 8.99. The van der Waals surface area contributed by atoms with Crippen LogP contribution in [0.4, 0.5) is 10.5 Å². The number of para-hydroxylation sites is 2. The molecule has 0 aliphatic carbocycles. The van der Waals surface area contributed by atoms with Crippen LogP contribution in [0.5, 0.6) is 5.75 Å². The molecule has 1 aromatic rings. The lowest BCUT2D eigenvalue weighted by molar-refractivity contribution is -0.144. The molecule has 0 saturated carbocycles. The summed E-state index contributed by atoms with van der Waals surface area (Å²) in [6.45, 7) is 1.86. The van der Waals surface area contributed by atoms with Crippen LogP contribution in [-0.2, 0) is 9.53 Å². The summed E-state index contributed by atoms with van der Waals surface area (Å²) in [6, 6.07) is 6.77. The summed E-state index contributed by atoms with van der Waals surface area (Å²) in [5.74, 6) is -0.747. The van der Waals surface area contributed by atoms with Gasteiger partial charge in [-0.25, -0.2) is 9.59 Å². The van der Waals surface area contributed by atoms with Crippen LogP contribution < -0.4 is 9.64 Å². The fourth-order valence-corrected chi connectivity index (χ4v) is 1.74. The minimum Gasteiger partial charge on any atom is -0.478 e. The highest BCUT2D eigenvalue weighted by atomic mass is 16.6. The van der Waals surface area contributed by atoms with Crippen molar-refractivity contribution in [3.63, 3.8) is 0 Å². The Bertz CT molecular complexity index is 473.